The Balaban J connectivity index is 1.75. The van der Waals surface area contributed by atoms with Crippen molar-refractivity contribution in [3.05, 3.63) is 101 Å². The molecule has 138 valence electrons. The Labute approximate surface area is 161 Å². The van der Waals surface area contributed by atoms with E-state index in [4.69, 9.17) is 4.74 Å². The van der Waals surface area contributed by atoms with Crippen LogP contribution in [0.4, 0.5) is 0 Å². The second kappa shape index (κ2) is 8.54. The van der Waals surface area contributed by atoms with Crippen LogP contribution in [0.2, 0.25) is 0 Å². The number of hydrogen-bond donors (Lipinski definition) is 1. The lowest BCUT2D eigenvalue weighted by molar-refractivity contribution is -0.123. The summed E-state index contributed by atoms with van der Waals surface area (Å²) >= 11 is 0. The number of ether oxygens (including phenoxy) is 1. The highest BCUT2D eigenvalue weighted by atomic mass is 16.5. The minimum Gasteiger partial charge on any atom is -0.484 e. The average Bonchev–Trinajstić information content (AvgIpc) is 2.68. The number of aryl methyl sites for hydroxylation is 3. The van der Waals surface area contributed by atoms with Crippen LogP contribution < -0.4 is 10.1 Å². The number of rotatable bonds is 6. The number of carbonyl (C=O) groups excluding carboxylic acids is 1. The van der Waals surface area contributed by atoms with E-state index < -0.39 is 0 Å². The Morgan fingerprint density at radius 3 is 2.26 bits per heavy atom. The molecule has 0 aliphatic carbocycles. The molecular weight excluding hydrogens is 334 g/mol. The van der Waals surface area contributed by atoms with Gasteiger partial charge in [0.25, 0.3) is 5.91 Å². The quantitative estimate of drug-likeness (QED) is 0.680. The molecule has 0 fully saturated rings. The van der Waals surface area contributed by atoms with E-state index >= 15 is 0 Å². The van der Waals surface area contributed by atoms with Gasteiger partial charge in [-0.15, -0.1) is 0 Å². The Morgan fingerprint density at radius 1 is 0.852 bits per heavy atom. The summed E-state index contributed by atoms with van der Waals surface area (Å²) in [4.78, 5) is 12.6. The molecule has 3 rings (SSSR count). The fraction of sp³-hybridized carbons (Fsp3) is 0.208. The first-order valence-corrected chi connectivity index (χ1v) is 9.14. The van der Waals surface area contributed by atoms with Crippen molar-refractivity contribution in [3.8, 4) is 5.75 Å². The Bertz CT molecular complexity index is 919. The molecule has 0 unspecified atom stereocenters. The molecule has 1 N–H and O–H groups in total. The molecule has 0 aliphatic heterocycles. The van der Waals surface area contributed by atoms with Gasteiger partial charge in [-0.3, -0.25) is 4.79 Å². The zero-order chi connectivity index (χ0) is 19.2. The first kappa shape index (κ1) is 18.7. The topological polar surface area (TPSA) is 38.3 Å². The number of carbonyl (C=O) groups is 1. The predicted molar refractivity (Wildman–Crippen MR) is 109 cm³/mol. The Morgan fingerprint density at radius 2 is 1.56 bits per heavy atom. The number of nitrogens with one attached hydrogen (secondary N) is 1. The van der Waals surface area contributed by atoms with Crippen LogP contribution in [-0.4, -0.2) is 12.5 Å². The van der Waals surface area contributed by atoms with Gasteiger partial charge in [0.15, 0.2) is 6.61 Å². The second-order valence-electron chi connectivity index (χ2n) is 6.80. The number of amides is 1. The zero-order valence-electron chi connectivity index (χ0n) is 16.0. The lowest BCUT2D eigenvalue weighted by atomic mass is 9.95. The molecule has 0 spiro atoms. The van der Waals surface area contributed by atoms with Crippen molar-refractivity contribution in [2.45, 2.75) is 26.8 Å². The Kier molecular flexibility index (Phi) is 5.92. The van der Waals surface area contributed by atoms with E-state index in [0.717, 1.165) is 22.3 Å². The van der Waals surface area contributed by atoms with Crippen LogP contribution in [0.15, 0.2) is 72.8 Å². The third-order valence-electron chi connectivity index (χ3n) is 4.79. The normalized spacial score (nSPS) is 11.7. The second-order valence-corrected chi connectivity index (χ2v) is 6.80. The van der Waals surface area contributed by atoms with Crippen LogP contribution in [0.3, 0.4) is 0 Å². The van der Waals surface area contributed by atoms with Crippen molar-refractivity contribution in [3.63, 3.8) is 0 Å². The van der Waals surface area contributed by atoms with Crippen LogP contribution in [0.1, 0.15) is 33.9 Å². The molecule has 27 heavy (non-hydrogen) atoms. The summed E-state index contributed by atoms with van der Waals surface area (Å²) in [6.07, 6.45) is 0. The van der Waals surface area contributed by atoms with Crippen LogP contribution >= 0.6 is 0 Å². The van der Waals surface area contributed by atoms with E-state index in [2.05, 4.69) is 31.3 Å². The first-order valence-electron chi connectivity index (χ1n) is 9.14. The summed E-state index contributed by atoms with van der Waals surface area (Å²) in [5, 5.41) is 3.12. The van der Waals surface area contributed by atoms with Crippen molar-refractivity contribution in [1.82, 2.24) is 5.32 Å². The molecule has 0 bridgehead atoms. The van der Waals surface area contributed by atoms with Gasteiger partial charge in [-0.1, -0.05) is 60.7 Å². The highest BCUT2D eigenvalue weighted by Gasteiger charge is 2.18. The molecule has 3 aromatic carbocycles. The molecule has 0 aliphatic rings. The molecule has 3 heteroatoms. The standard InChI is InChI=1S/C24H25NO2/c1-17-13-14-21(15-19(17)3)27-16-23(26)25-24(20-10-5-4-6-11-20)22-12-8-7-9-18(22)2/h4-15,24H,16H2,1-3H3,(H,25,26)/t24-/m1/s1. The van der Waals surface area contributed by atoms with Crippen molar-refractivity contribution in [1.29, 1.82) is 0 Å². The van der Waals surface area contributed by atoms with Gasteiger partial charge in [0.1, 0.15) is 5.75 Å². The third-order valence-corrected chi connectivity index (χ3v) is 4.79. The molecule has 1 amide bonds. The monoisotopic (exact) mass is 359 g/mol. The van der Waals surface area contributed by atoms with E-state index in [1.54, 1.807) is 0 Å². The smallest absolute Gasteiger partial charge is 0.258 e. The number of hydrogen-bond acceptors (Lipinski definition) is 2. The fourth-order valence-corrected chi connectivity index (χ4v) is 3.05. The maximum Gasteiger partial charge on any atom is 0.258 e. The molecule has 0 saturated carbocycles. The van der Waals surface area contributed by atoms with E-state index in [1.165, 1.54) is 5.56 Å². The predicted octanol–water partition coefficient (Wildman–Crippen LogP) is 4.90. The van der Waals surface area contributed by atoms with Crippen LogP contribution in [0.25, 0.3) is 0 Å². The maximum absolute atomic E-state index is 12.6. The van der Waals surface area contributed by atoms with Gasteiger partial charge in [-0.05, 0) is 60.7 Å². The molecule has 0 saturated heterocycles. The minimum atomic E-state index is -0.205. The van der Waals surface area contributed by atoms with Crippen molar-refractivity contribution >= 4 is 5.91 Å². The van der Waals surface area contributed by atoms with Crippen molar-refractivity contribution < 1.29 is 9.53 Å². The van der Waals surface area contributed by atoms with Gasteiger partial charge in [-0.2, -0.15) is 0 Å². The minimum absolute atomic E-state index is 0.0162. The van der Waals surface area contributed by atoms with Gasteiger partial charge >= 0.3 is 0 Å². The molecule has 3 nitrogen and oxygen atoms in total. The average molecular weight is 359 g/mol. The molecule has 0 aromatic heterocycles. The van der Waals surface area contributed by atoms with E-state index in [0.29, 0.717) is 5.75 Å². The summed E-state index contributed by atoms with van der Waals surface area (Å²) in [5.41, 5.74) is 5.63. The largest absolute Gasteiger partial charge is 0.484 e. The Hall–Kier alpha value is -3.07. The molecule has 0 heterocycles. The highest BCUT2D eigenvalue weighted by molar-refractivity contribution is 5.78. The summed E-state index contributed by atoms with van der Waals surface area (Å²) < 4.78 is 5.69. The summed E-state index contributed by atoms with van der Waals surface area (Å²) in [6.45, 7) is 6.13. The summed E-state index contributed by atoms with van der Waals surface area (Å²) in [7, 11) is 0. The first-order chi connectivity index (χ1) is 13.0. The molecule has 1 atom stereocenters. The number of benzene rings is 3. The SMILES string of the molecule is Cc1ccc(OCC(=O)N[C@H](c2ccccc2)c2ccccc2C)cc1C. The molecule has 0 radical (unpaired) electrons. The molecule has 3 aromatic rings. The van der Waals surface area contributed by atoms with Crippen LogP contribution in [-0.2, 0) is 4.79 Å². The maximum atomic E-state index is 12.6. The van der Waals surface area contributed by atoms with Crippen LogP contribution in [0.5, 0.6) is 5.75 Å². The van der Waals surface area contributed by atoms with Gasteiger partial charge < -0.3 is 10.1 Å². The van der Waals surface area contributed by atoms with Crippen molar-refractivity contribution in [2.24, 2.45) is 0 Å². The van der Waals surface area contributed by atoms with Crippen molar-refractivity contribution in [2.75, 3.05) is 6.61 Å². The van der Waals surface area contributed by atoms with Gasteiger partial charge in [0, 0.05) is 0 Å². The zero-order valence-corrected chi connectivity index (χ0v) is 16.0. The summed E-state index contributed by atoms with van der Waals surface area (Å²) in [6, 6.07) is 23.8. The lowest BCUT2D eigenvalue weighted by Crippen LogP contribution is -2.33. The lowest BCUT2D eigenvalue weighted by Gasteiger charge is -2.22. The van der Waals surface area contributed by atoms with Crippen LogP contribution in [0, 0.1) is 20.8 Å². The summed E-state index contributed by atoms with van der Waals surface area (Å²) in [5.74, 6) is 0.561. The third kappa shape index (κ3) is 4.76. The molecular formula is C24H25NO2. The van der Waals surface area contributed by atoms with Gasteiger partial charge in [0.05, 0.1) is 6.04 Å². The van der Waals surface area contributed by atoms with E-state index in [-0.39, 0.29) is 18.6 Å². The van der Waals surface area contributed by atoms with Gasteiger partial charge in [0.2, 0.25) is 0 Å². The van der Waals surface area contributed by atoms with Gasteiger partial charge in [-0.25, -0.2) is 0 Å². The van der Waals surface area contributed by atoms with E-state index in [1.807, 2.05) is 67.6 Å². The highest BCUT2D eigenvalue weighted by Crippen LogP contribution is 2.25. The van der Waals surface area contributed by atoms with E-state index in [9.17, 15) is 4.79 Å². The fourth-order valence-electron chi connectivity index (χ4n) is 3.05.